The van der Waals surface area contributed by atoms with Crippen molar-refractivity contribution in [2.24, 2.45) is 0 Å². The van der Waals surface area contributed by atoms with E-state index in [4.69, 9.17) is 30.8 Å². The molecule has 4 aromatic rings. The highest BCUT2D eigenvalue weighted by molar-refractivity contribution is 6.30. The van der Waals surface area contributed by atoms with E-state index < -0.39 is 11.8 Å². The number of carboxylic acids is 1. The quantitative estimate of drug-likeness (QED) is 0.271. The molecule has 8 rings (SSSR count). The number of fused-ring (bicyclic) bond motifs is 2. The molecule has 3 fully saturated rings. The van der Waals surface area contributed by atoms with E-state index in [1.165, 1.54) is 12.0 Å². The molecule has 0 amide bonds. The van der Waals surface area contributed by atoms with Gasteiger partial charge in [-0.15, -0.1) is 0 Å². The van der Waals surface area contributed by atoms with Gasteiger partial charge in [0.05, 0.1) is 40.8 Å². The lowest BCUT2D eigenvalue weighted by Crippen LogP contribution is -2.52. The summed E-state index contributed by atoms with van der Waals surface area (Å²) in [5, 5.41) is 10.2. The number of aromatic carboxylic acids is 1. The normalized spacial score (nSPS) is 25.6. The number of benzene rings is 2. The molecule has 4 aliphatic rings. The first kappa shape index (κ1) is 26.9. The van der Waals surface area contributed by atoms with E-state index in [1.54, 1.807) is 24.4 Å². The standard InChI is InChI=1S/C33H33ClN4O5/c1-32(28-9-7-21(34)17-35-28)42-27-5-2-4-23(30(27)43-32)24-10-14-37(33(24)12-3-13-33)19-29-36-25-8-6-20(31(39)40)16-26(25)38(29)18-22-11-15-41-22/h2,4-9,16-17,22,24H,3,10-15,18-19H2,1H3,(H,39,40)/t22-,24?,32-/m0/s1. The maximum absolute atomic E-state index is 11.8. The van der Waals surface area contributed by atoms with E-state index in [-0.39, 0.29) is 23.1 Å². The summed E-state index contributed by atoms with van der Waals surface area (Å²) >= 11 is 6.09. The largest absolute Gasteiger partial charge is 0.478 e. The summed E-state index contributed by atoms with van der Waals surface area (Å²) in [6.45, 7) is 4.98. The molecule has 1 spiro atoms. The third kappa shape index (κ3) is 4.31. The van der Waals surface area contributed by atoms with Crippen LogP contribution in [0.25, 0.3) is 11.0 Å². The van der Waals surface area contributed by atoms with Gasteiger partial charge in [-0.2, -0.15) is 0 Å². The number of aromatic nitrogens is 3. The third-order valence-corrected chi connectivity index (χ3v) is 10.2. The van der Waals surface area contributed by atoms with Crippen molar-refractivity contribution in [3.63, 3.8) is 0 Å². The lowest BCUT2D eigenvalue weighted by molar-refractivity contribution is -0.0725. The Hall–Kier alpha value is -3.66. The molecule has 3 aliphatic heterocycles. The topological polar surface area (TPSA) is 98.9 Å². The molecule has 1 unspecified atom stereocenters. The minimum absolute atomic E-state index is 0.00183. The fourth-order valence-corrected chi connectivity index (χ4v) is 7.60. The fraction of sp³-hybridized carbons (Fsp3) is 0.424. The van der Waals surface area contributed by atoms with Crippen molar-refractivity contribution < 1.29 is 24.1 Å². The van der Waals surface area contributed by atoms with Crippen LogP contribution in [0.1, 0.15) is 72.4 Å². The van der Waals surface area contributed by atoms with E-state index in [0.29, 0.717) is 23.8 Å². The van der Waals surface area contributed by atoms with Crippen LogP contribution in [0.3, 0.4) is 0 Å². The van der Waals surface area contributed by atoms with Gasteiger partial charge in [0.15, 0.2) is 11.5 Å². The van der Waals surface area contributed by atoms with E-state index in [1.807, 2.05) is 25.1 Å². The zero-order valence-electron chi connectivity index (χ0n) is 24.0. The Morgan fingerprint density at radius 2 is 2.00 bits per heavy atom. The minimum atomic E-state index is -1.03. The molecule has 0 radical (unpaired) electrons. The monoisotopic (exact) mass is 600 g/mol. The van der Waals surface area contributed by atoms with Crippen molar-refractivity contribution >= 4 is 28.6 Å². The zero-order chi connectivity index (χ0) is 29.3. The fourth-order valence-electron chi connectivity index (χ4n) is 7.49. The molecule has 1 N–H and O–H groups in total. The molecule has 43 heavy (non-hydrogen) atoms. The number of para-hydroxylation sites is 1. The predicted octanol–water partition coefficient (Wildman–Crippen LogP) is 6.13. The number of halogens is 1. The molecule has 1 saturated carbocycles. The summed E-state index contributed by atoms with van der Waals surface area (Å²) in [4.78, 5) is 23.9. The molecule has 2 saturated heterocycles. The number of carboxylic acid groups (broad SMARTS) is 1. The van der Waals surface area contributed by atoms with Crippen LogP contribution in [0.2, 0.25) is 5.02 Å². The van der Waals surface area contributed by atoms with Crippen molar-refractivity contribution in [3.8, 4) is 11.5 Å². The smallest absolute Gasteiger partial charge is 0.335 e. The minimum Gasteiger partial charge on any atom is -0.478 e. The van der Waals surface area contributed by atoms with Gasteiger partial charge in [0, 0.05) is 36.7 Å². The summed E-state index contributed by atoms with van der Waals surface area (Å²) in [5.74, 6) is 0.816. The summed E-state index contributed by atoms with van der Waals surface area (Å²) < 4.78 is 21.0. The van der Waals surface area contributed by atoms with Crippen LogP contribution in [0.15, 0.2) is 54.7 Å². The SMILES string of the molecule is C[C@]1(c2ccc(Cl)cn2)Oc2cccc(C3CCN(Cc4nc5ccc(C(=O)O)cc5n4C[C@@H]4CCO4)C34CCC4)c2O1. The van der Waals surface area contributed by atoms with Crippen LogP contribution in [0, 0.1) is 0 Å². The van der Waals surface area contributed by atoms with Crippen LogP contribution in [0.4, 0.5) is 0 Å². The molecular formula is C33H33ClN4O5. The number of hydrogen-bond donors (Lipinski definition) is 1. The summed E-state index contributed by atoms with van der Waals surface area (Å²) in [6, 6.07) is 15.1. The summed E-state index contributed by atoms with van der Waals surface area (Å²) in [5.41, 5.74) is 3.79. The van der Waals surface area contributed by atoms with E-state index in [2.05, 4.69) is 26.6 Å². The number of imidazole rings is 1. The molecule has 0 bridgehead atoms. The highest BCUT2D eigenvalue weighted by atomic mass is 35.5. The number of pyridine rings is 1. The van der Waals surface area contributed by atoms with Gasteiger partial charge in [-0.05, 0) is 75.0 Å². The average molecular weight is 601 g/mol. The van der Waals surface area contributed by atoms with Crippen LogP contribution < -0.4 is 9.47 Å². The van der Waals surface area contributed by atoms with Crippen molar-refractivity contribution in [2.45, 2.75) is 75.5 Å². The van der Waals surface area contributed by atoms with Gasteiger partial charge in [0.25, 0.3) is 5.79 Å². The van der Waals surface area contributed by atoms with Gasteiger partial charge in [0.2, 0.25) is 0 Å². The average Bonchev–Trinajstić information content (AvgIpc) is 3.61. The van der Waals surface area contributed by atoms with Crippen molar-refractivity contribution in [1.29, 1.82) is 0 Å². The Balaban J connectivity index is 1.11. The molecule has 3 atom stereocenters. The maximum atomic E-state index is 11.8. The maximum Gasteiger partial charge on any atom is 0.335 e. The highest BCUT2D eigenvalue weighted by Gasteiger charge is 2.55. The first-order valence-corrected chi connectivity index (χ1v) is 15.4. The molecule has 1 aliphatic carbocycles. The second-order valence-electron chi connectivity index (χ2n) is 12.3. The second-order valence-corrected chi connectivity index (χ2v) is 12.8. The number of rotatable bonds is 7. The van der Waals surface area contributed by atoms with Crippen LogP contribution in [-0.4, -0.2) is 55.3 Å². The van der Waals surface area contributed by atoms with Gasteiger partial charge in [-0.1, -0.05) is 23.7 Å². The highest BCUT2D eigenvalue weighted by Crippen LogP contribution is 2.58. The molecule has 222 valence electrons. The summed E-state index contributed by atoms with van der Waals surface area (Å²) in [6.07, 6.45) is 7.14. The van der Waals surface area contributed by atoms with Crippen molar-refractivity contribution in [1.82, 2.24) is 19.4 Å². The lowest BCUT2D eigenvalue weighted by Gasteiger charge is -2.50. The van der Waals surface area contributed by atoms with E-state index in [9.17, 15) is 9.90 Å². The molecular weight excluding hydrogens is 568 g/mol. The first-order chi connectivity index (χ1) is 20.8. The Morgan fingerprint density at radius 1 is 1.14 bits per heavy atom. The number of hydrogen-bond acceptors (Lipinski definition) is 7. The Kier molecular flexibility index (Phi) is 6.22. The van der Waals surface area contributed by atoms with Crippen LogP contribution >= 0.6 is 11.6 Å². The lowest BCUT2D eigenvalue weighted by atomic mass is 9.66. The molecule has 5 heterocycles. The number of carbonyl (C=O) groups is 1. The van der Waals surface area contributed by atoms with Gasteiger partial charge in [-0.3, -0.25) is 9.88 Å². The molecule has 2 aromatic carbocycles. The predicted molar refractivity (Wildman–Crippen MR) is 160 cm³/mol. The van der Waals surface area contributed by atoms with Crippen molar-refractivity contribution in [2.75, 3.05) is 13.2 Å². The van der Waals surface area contributed by atoms with E-state index in [0.717, 1.165) is 67.2 Å². The summed E-state index contributed by atoms with van der Waals surface area (Å²) in [7, 11) is 0. The second kappa shape index (κ2) is 9.94. The van der Waals surface area contributed by atoms with Crippen molar-refractivity contribution in [3.05, 3.63) is 82.4 Å². The van der Waals surface area contributed by atoms with Crippen LogP contribution in [0.5, 0.6) is 11.5 Å². The number of nitrogens with zero attached hydrogens (tertiary/aromatic N) is 4. The van der Waals surface area contributed by atoms with Gasteiger partial charge < -0.3 is 23.9 Å². The number of likely N-dealkylation sites (tertiary alicyclic amines) is 1. The molecule has 10 heteroatoms. The Labute approximate surface area is 254 Å². The Bertz CT molecular complexity index is 1730. The zero-order valence-corrected chi connectivity index (χ0v) is 24.7. The van der Waals surface area contributed by atoms with Gasteiger partial charge in [0.1, 0.15) is 11.5 Å². The van der Waals surface area contributed by atoms with Gasteiger partial charge in [-0.25, -0.2) is 9.78 Å². The van der Waals surface area contributed by atoms with Gasteiger partial charge >= 0.3 is 5.97 Å². The van der Waals surface area contributed by atoms with E-state index >= 15 is 0 Å². The Morgan fingerprint density at radius 3 is 2.70 bits per heavy atom. The molecule has 9 nitrogen and oxygen atoms in total. The number of ether oxygens (including phenoxy) is 3. The molecule has 2 aromatic heterocycles. The third-order valence-electron chi connectivity index (χ3n) is 9.95. The van der Waals surface area contributed by atoms with Crippen LogP contribution in [-0.2, 0) is 23.6 Å². The first-order valence-electron chi connectivity index (χ1n) is 15.1.